The summed E-state index contributed by atoms with van der Waals surface area (Å²) >= 11 is 3.18. The molecule has 0 bridgehead atoms. The monoisotopic (exact) mass is 511 g/mol. The Morgan fingerprint density at radius 3 is 2.27 bits per heavy atom. The number of fused-ring (bicyclic) bond motifs is 1. The molecule has 0 aliphatic carbocycles. The van der Waals surface area contributed by atoms with Crippen LogP contribution in [0.15, 0.2) is 77.3 Å². The first-order chi connectivity index (χ1) is 15.9. The van der Waals surface area contributed by atoms with Gasteiger partial charge < -0.3 is 0 Å². The van der Waals surface area contributed by atoms with Crippen molar-refractivity contribution in [2.45, 2.75) is 12.1 Å². The molecule has 0 aromatic heterocycles. The van der Waals surface area contributed by atoms with Crippen LogP contribution in [0.3, 0.4) is 0 Å². The van der Waals surface area contributed by atoms with Gasteiger partial charge in [0, 0.05) is 12.1 Å². The first kappa shape index (κ1) is 21.2. The minimum atomic E-state index is -1.10. The van der Waals surface area contributed by atoms with Gasteiger partial charge in [-0.15, -0.1) is 0 Å². The van der Waals surface area contributed by atoms with Gasteiger partial charge in [0.25, 0.3) is 11.6 Å². The van der Waals surface area contributed by atoms with Crippen molar-refractivity contribution in [3.8, 4) is 0 Å². The predicted molar refractivity (Wildman–Crippen MR) is 120 cm³/mol. The molecule has 10 heteroatoms. The van der Waals surface area contributed by atoms with Crippen molar-refractivity contribution < 1.29 is 23.7 Å². The first-order valence-electron chi connectivity index (χ1n) is 9.95. The predicted octanol–water partition coefficient (Wildman–Crippen LogP) is 4.55. The SMILES string of the molecule is O=C1[C@@H]2[C@@H](c3ccc(F)c(Br)c3)N(c3ccccc3)O[C@H]2C(=O)N1c1ccc([N+](=O)[O-])cc1. The number of anilines is 2. The molecule has 2 saturated heterocycles. The Morgan fingerprint density at radius 1 is 0.939 bits per heavy atom. The average Bonchev–Trinajstić information content (AvgIpc) is 3.32. The number of hydroxylamine groups is 1. The topological polar surface area (TPSA) is 93.0 Å². The van der Waals surface area contributed by atoms with Crippen molar-refractivity contribution in [1.29, 1.82) is 0 Å². The van der Waals surface area contributed by atoms with Crippen molar-refractivity contribution in [3.63, 3.8) is 0 Å². The molecule has 2 heterocycles. The molecule has 2 aliphatic rings. The van der Waals surface area contributed by atoms with Gasteiger partial charge in [-0.2, -0.15) is 0 Å². The highest BCUT2D eigenvalue weighted by molar-refractivity contribution is 9.10. The highest BCUT2D eigenvalue weighted by Crippen LogP contribution is 2.48. The van der Waals surface area contributed by atoms with Gasteiger partial charge in [0.05, 0.1) is 26.8 Å². The highest BCUT2D eigenvalue weighted by atomic mass is 79.9. The van der Waals surface area contributed by atoms with Gasteiger partial charge in [0.2, 0.25) is 5.91 Å². The van der Waals surface area contributed by atoms with E-state index in [-0.39, 0.29) is 15.8 Å². The third kappa shape index (κ3) is 3.47. The van der Waals surface area contributed by atoms with Gasteiger partial charge in [-0.3, -0.25) is 24.5 Å². The Morgan fingerprint density at radius 2 is 1.64 bits per heavy atom. The van der Waals surface area contributed by atoms with Crippen LogP contribution >= 0.6 is 15.9 Å². The van der Waals surface area contributed by atoms with Crippen LogP contribution in [0.25, 0.3) is 0 Å². The first-order valence-corrected chi connectivity index (χ1v) is 10.7. The number of nitro groups is 1. The van der Waals surface area contributed by atoms with Crippen LogP contribution in [-0.2, 0) is 14.4 Å². The molecule has 2 amide bonds. The van der Waals surface area contributed by atoms with Gasteiger partial charge in [0.1, 0.15) is 11.7 Å². The minimum absolute atomic E-state index is 0.154. The molecule has 3 atom stereocenters. The number of para-hydroxylation sites is 1. The maximum atomic E-state index is 13.9. The minimum Gasteiger partial charge on any atom is -0.273 e. The van der Waals surface area contributed by atoms with Crippen LogP contribution in [0.2, 0.25) is 0 Å². The number of non-ortho nitro benzene ring substituents is 1. The number of hydrogen-bond acceptors (Lipinski definition) is 6. The maximum absolute atomic E-state index is 13.9. The molecule has 5 rings (SSSR count). The highest BCUT2D eigenvalue weighted by Gasteiger charge is 2.60. The zero-order chi connectivity index (χ0) is 23.3. The number of benzene rings is 3. The van der Waals surface area contributed by atoms with E-state index in [2.05, 4.69) is 15.9 Å². The average molecular weight is 512 g/mol. The fourth-order valence-electron chi connectivity index (χ4n) is 4.23. The Hall–Kier alpha value is -3.63. The van der Waals surface area contributed by atoms with Crippen molar-refractivity contribution in [1.82, 2.24) is 0 Å². The number of nitrogens with zero attached hydrogens (tertiary/aromatic N) is 3. The van der Waals surface area contributed by atoms with Gasteiger partial charge in [0.15, 0.2) is 6.10 Å². The van der Waals surface area contributed by atoms with E-state index in [0.29, 0.717) is 11.3 Å². The van der Waals surface area contributed by atoms with E-state index in [9.17, 15) is 24.1 Å². The lowest BCUT2D eigenvalue weighted by molar-refractivity contribution is -0.384. The maximum Gasteiger partial charge on any atom is 0.269 e. The Labute approximate surface area is 195 Å². The van der Waals surface area contributed by atoms with E-state index in [4.69, 9.17) is 4.84 Å². The summed E-state index contributed by atoms with van der Waals surface area (Å²) in [5.41, 5.74) is 1.30. The van der Waals surface area contributed by atoms with Crippen molar-refractivity contribution >= 4 is 44.8 Å². The number of hydrogen-bond donors (Lipinski definition) is 0. The van der Waals surface area contributed by atoms with Gasteiger partial charge in [-0.05, 0) is 57.9 Å². The van der Waals surface area contributed by atoms with Crippen LogP contribution in [0.4, 0.5) is 21.5 Å². The molecule has 2 aliphatic heterocycles. The van der Waals surface area contributed by atoms with Crippen LogP contribution in [-0.4, -0.2) is 22.8 Å². The van der Waals surface area contributed by atoms with E-state index >= 15 is 0 Å². The largest absolute Gasteiger partial charge is 0.273 e. The standard InChI is InChI=1S/C23H15BrFN3O5/c24-17-12-13(6-11-18(17)25)20-19-21(33-27(20)15-4-2-1-3-5-15)23(30)26(22(19)29)14-7-9-16(10-8-14)28(31)32/h1-12,19-21H/t19-,20-,21-/m1/s1. The number of halogens is 2. The van der Waals surface area contributed by atoms with Crippen LogP contribution in [0, 0.1) is 21.8 Å². The van der Waals surface area contributed by atoms with Crippen LogP contribution < -0.4 is 9.96 Å². The number of imide groups is 1. The summed E-state index contributed by atoms with van der Waals surface area (Å²) in [6.07, 6.45) is -1.10. The molecule has 0 unspecified atom stereocenters. The molecule has 0 N–H and O–H groups in total. The lowest BCUT2D eigenvalue weighted by atomic mass is 9.90. The van der Waals surface area contributed by atoms with Crippen molar-refractivity contribution in [3.05, 3.63) is 98.8 Å². The lowest BCUT2D eigenvalue weighted by Crippen LogP contribution is -2.37. The lowest BCUT2D eigenvalue weighted by Gasteiger charge is -2.28. The quantitative estimate of drug-likeness (QED) is 0.290. The number of amides is 2. The van der Waals surface area contributed by atoms with Gasteiger partial charge >= 0.3 is 0 Å². The molecule has 166 valence electrons. The summed E-state index contributed by atoms with van der Waals surface area (Å²) in [7, 11) is 0. The third-order valence-electron chi connectivity index (χ3n) is 5.73. The fourth-order valence-corrected chi connectivity index (χ4v) is 4.62. The summed E-state index contributed by atoms with van der Waals surface area (Å²) in [6.45, 7) is 0. The molecular formula is C23H15BrFN3O5. The summed E-state index contributed by atoms with van der Waals surface area (Å²) in [6, 6.07) is 17.9. The summed E-state index contributed by atoms with van der Waals surface area (Å²) in [4.78, 5) is 44.1. The molecule has 0 radical (unpaired) electrons. The van der Waals surface area contributed by atoms with Crippen molar-refractivity contribution in [2.24, 2.45) is 5.92 Å². The zero-order valence-electron chi connectivity index (χ0n) is 16.8. The van der Waals surface area contributed by atoms with E-state index in [1.54, 1.807) is 36.4 Å². The molecule has 33 heavy (non-hydrogen) atoms. The third-order valence-corrected chi connectivity index (χ3v) is 6.34. The summed E-state index contributed by atoms with van der Waals surface area (Å²) in [5, 5.41) is 12.5. The van der Waals surface area contributed by atoms with Crippen LogP contribution in [0.1, 0.15) is 11.6 Å². The van der Waals surface area contributed by atoms with E-state index in [0.717, 1.165) is 4.90 Å². The Kier molecular flexibility index (Phi) is 5.18. The summed E-state index contributed by atoms with van der Waals surface area (Å²) < 4.78 is 14.1. The van der Waals surface area contributed by atoms with Crippen LogP contribution in [0.5, 0.6) is 0 Å². The summed E-state index contributed by atoms with van der Waals surface area (Å²) in [5.74, 6) is -2.42. The number of carbonyl (C=O) groups excluding carboxylic acids is 2. The Bertz CT molecular complexity index is 1270. The van der Waals surface area contributed by atoms with E-state index < -0.39 is 40.6 Å². The van der Waals surface area contributed by atoms with E-state index in [1.165, 1.54) is 35.4 Å². The van der Waals surface area contributed by atoms with E-state index in [1.807, 2.05) is 6.07 Å². The molecule has 2 fully saturated rings. The Balaban J connectivity index is 1.57. The second kappa shape index (κ2) is 8.05. The van der Waals surface area contributed by atoms with Gasteiger partial charge in [-0.25, -0.2) is 14.4 Å². The number of carbonyl (C=O) groups is 2. The zero-order valence-corrected chi connectivity index (χ0v) is 18.4. The second-order valence-electron chi connectivity index (χ2n) is 7.62. The fraction of sp³-hybridized carbons (Fsp3) is 0.130. The van der Waals surface area contributed by atoms with Gasteiger partial charge in [-0.1, -0.05) is 24.3 Å². The normalized spacial score (nSPS) is 22.1. The molecule has 3 aromatic carbocycles. The van der Waals surface area contributed by atoms with Crippen molar-refractivity contribution in [2.75, 3.05) is 9.96 Å². The molecule has 0 spiro atoms. The second-order valence-corrected chi connectivity index (χ2v) is 8.47. The molecule has 8 nitrogen and oxygen atoms in total. The molecular weight excluding hydrogens is 497 g/mol. The number of nitro benzene ring substituents is 1. The number of rotatable bonds is 4. The molecule has 3 aromatic rings. The smallest absolute Gasteiger partial charge is 0.269 e. The molecule has 0 saturated carbocycles.